The summed E-state index contributed by atoms with van der Waals surface area (Å²) in [5.74, 6) is 0. The SMILES string of the molecule is OC[C@H]1O[C@@H](O)C(O)C1NP(O)(O)=S. The summed E-state index contributed by atoms with van der Waals surface area (Å²) in [5, 5.41) is 29.3. The van der Waals surface area contributed by atoms with Gasteiger partial charge in [-0.3, -0.25) is 0 Å². The van der Waals surface area contributed by atoms with Crippen LogP contribution in [-0.4, -0.2) is 56.3 Å². The van der Waals surface area contributed by atoms with E-state index in [1.807, 2.05) is 0 Å². The molecular weight excluding hydrogens is 233 g/mol. The molecule has 84 valence electrons. The van der Waals surface area contributed by atoms with Crippen molar-refractivity contribution in [1.29, 1.82) is 0 Å². The van der Waals surface area contributed by atoms with Gasteiger partial charge >= 0.3 is 0 Å². The molecule has 0 aromatic heterocycles. The second kappa shape index (κ2) is 4.48. The first kappa shape index (κ1) is 12.4. The third kappa shape index (κ3) is 2.93. The van der Waals surface area contributed by atoms with Crippen LogP contribution in [0.2, 0.25) is 0 Å². The number of hydrogen-bond acceptors (Lipinski definition) is 5. The Morgan fingerprint density at radius 3 is 2.36 bits per heavy atom. The average Bonchev–Trinajstić information content (AvgIpc) is 2.30. The van der Waals surface area contributed by atoms with Gasteiger partial charge in [0.05, 0.1) is 12.6 Å². The molecular formula is C5H12NO6PS. The molecule has 0 aromatic carbocycles. The Balaban J connectivity index is 2.69. The summed E-state index contributed by atoms with van der Waals surface area (Å²) in [6.07, 6.45) is -3.73. The first-order valence-electron chi connectivity index (χ1n) is 3.81. The van der Waals surface area contributed by atoms with Crippen LogP contribution in [0.4, 0.5) is 0 Å². The van der Waals surface area contributed by atoms with Gasteiger partial charge in [-0.1, -0.05) is 0 Å². The van der Waals surface area contributed by atoms with Crippen molar-refractivity contribution in [3.63, 3.8) is 0 Å². The third-order valence-corrected chi connectivity index (χ3v) is 2.82. The summed E-state index contributed by atoms with van der Waals surface area (Å²) in [6, 6.07) is -0.990. The number of rotatable bonds is 3. The Morgan fingerprint density at radius 2 is 1.93 bits per heavy atom. The Hall–Kier alpha value is 0.370. The summed E-state index contributed by atoms with van der Waals surface area (Å²) in [6.45, 7) is -4.18. The maximum absolute atomic E-state index is 9.32. The lowest BCUT2D eigenvalue weighted by molar-refractivity contribution is -0.132. The standard InChI is InChI=1S/C5H12NO6PS/c7-1-2-3(6-13(10,11)14)4(8)5(9)12-2/h2-5,7-9H,1H2,(H3,6,10,11,14)/t2-,3?,4?,5-/m1/s1. The molecule has 0 radical (unpaired) electrons. The normalized spacial score (nSPS) is 38.9. The van der Waals surface area contributed by atoms with Crippen molar-refractivity contribution in [3.05, 3.63) is 0 Å². The van der Waals surface area contributed by atoms with Gasteiger partial charge < -0.3 is 29.8 Å². The quantitative estimate of drug-likeness (QED) is 0.295. The van der Waals surface area contributed by atoms with E-state index in [4.69, 9.17) is 24.7 Å². The van der Waals surface area contributed by atoms with E-state index in [2.05, 4.69) is 16.9 Å². The van der Waals surface area contributed by atoms with E-state index >= 15 is 0 Å². The first-order chi connectivity index (χ1) is 6.35. The highest BCUT2D eigenvalue weighted by Gasteiger charge is 2.44. The van der Waals surface area contributed by atoms with E-state index < -0.39 is 37.8 Å². The number of aliphatic hydroxyl groups is 3. The van der Waals surface area contributed by atoms with E-state index in [-0.39, 0.29) is 0 Å². The Morgan fingerprint density at radius 1 is 1.36 bits per heavy atom. The fourth-order valence-corrected chi connectivity index (χ4v) is 2.32. The number of hydrogen-bond donors (Lipinski definition) is 6. The van der Waals surface area contributed by atoms with E-state index in [9.17, 15) is 5.11 Å². The van der Waals surface area contributed by atoms with Gasteiger partial charge in [0.25, 0.3) is 6.64 Å². The van der Waals surface area contributed by atoms with Crippen molar-refractivity contribution >= 4 is 18.4 Å². The van der Waals surface area contributed by atoms with Gasteiger partial charge in [-0.15, -0.1) is 0 Å². The van der Waals surface area contributed by atoms with Crippen LogP contribution in [0, 0.1) is 0 Å². The Bertz CT molecular complexity index is 246. The van der Waals surface area contributed by atoms with Crippen LogP contribution in [0.5, 0.6) is 0 Å². The largest absolute Gasteiger partial charge is 0.394 e. The molecule has 6 N–H and O–H groups in total. The predicted octanol–water partition coefficient (Wildman–Crippen LogP) is -2.78. The van der Waals surface area contributed by atoms with Crippen molar-refractivity contribution < 1.29 is 29.8 Å². The summed E-state index contributed by atoms with van der Waals surface area (Å²) in [5.41, 5.74) is 0. The van der Waals surface area contributed by atoms with Crippen LogP contribution < -0.4 is 5.09 Å². The molecule has 1 saturated heterocycles. The molecule has 1 aliphatic heterocycles. The fourth-order valence-electron chi connectivity index (χ4n) is 1.25. The van der Waals surface area contributed by atoms with Gasteiger partial charge in [-0.2, -0.15) is 0 Å². The Labute approximate surface area is 85.2 Å². The first-order valence-corrected chi connectivity index (χ1v) is 6.51. The topological polar surface area (TPSA) is 122 Å². The summed E-state index contributed by atoms with van der Waals surface area (Å²) >= 11 is 4.30. The highest BCUT2D eigenvalue weighted by atomic mass is 32.5. The van der Waals surface area contributed by atoms with Crippen molar-refractivity contribution in [2.75, 3.05) is 6.61 Å². The van der Waals surface area contributed by atoms with Gasteiger partial charge in [0.2, 0.25) is 0 Å². The van der Waals surface area contributed by atoms with Crippen molar-refractivity contribution in [2.24, 2.45) is 0 Å². The number of ether oxygens (including phenoxy) is 1. The molecule has 4 atom stereocenters. The van der Waals surface area contributed by atoms with Crippen LogP contribution in [0.3, 0.4) is 0 Å². The van der Waals surface area contributed by atoms with E-state index in [0.29, 0.717) is 0 Å². The number of aliphatic hydroxyl groups excluding tert-OH is 3. The minimum Gasteiger partial charge on any atom is -0.394 e. The van der Waals surface area contributed by atoms with Gasteiger partial charge in [-0.05, 0) is 11.8 Å². The van der Waals surface area contributed by atoms with Crippen LogP contribution in [0.15, 0.2) is 0 Å². The molecule has 7 nitrogen and oxygen atoms in total. The maximum Gasteiger partial charge on any atom is 0.256 e. The van der Waals surface area contributed by atoms with Crippen LogP contribution in [0.25, 0.3) is 0 Å². The molecule has 9 heteroatoms. The molecule has 14 heavy (non-hydrogen) atoms. The minimum atomic E-state index is -3.71. The van der Waals surface area contributed by atoms with Gasteiger partial charge in [0, 0.05) is 0 Å². The molecule has 0 aliphatic carbocycles. The molecule has 1 aliphatic rings. The smallest absolute Gasteiger partial charge is 0.256 e. The van der Waals surface area contributed by atoms with Gasteiger partial charge in [0.15, 0.2) is 6.29 Å². The monoisotopic (exact) mass is 245 g/mol. The van der Waals surface area contributed by atoms with Crippen molar-refractivity contribution in [3.8, 4) is 0 Å². The lowest BCUT2D eigenvalue weighted by atomic mass is 10.1. The summed E-state index contributed by atoms with van der Waals surface area (Å²) in [7, 11) is 0. The molecule has 0 amide bonds. The average molecular weight is 245 g/mol. The molecule has 2 unspecified atom stereocenters. The van der Waals surface area contributed by atoms with Crippen molar-refractivity contribution in [2.45, 2.75) is 24.5 Å². The van der Waals surface area contributed by atoms with E-state index in [1.54, 1.807) is 0 Å². The van der Waals surface area contributed by atoms with Crippen LogP contribution in [-0.2, 0) is 16.5 Å². The van der Waals surface area contributed by atoms with E-state index in [1.165, 1.54) is 0 Å². The maximum atomic E-state index is 9.32. The van der Waals surface area contributed by atoms with E-state index in [0.717, 1.165) is 0 Å². The highest BCUT2D eigenvalue weighted by molar-refractivity contribution is 8.08. The fraction of sp³-hybridized carbons (Fsp3) is 1.00. The van der Waals surface area contributed by atoms with Crippen LogP contribution >= 0.6 is 6.64 Å². The van der Waals surface area contributed by atoms with Crippen molar-refractivity contribution in [1.82, 2.24) is 5.09 Å². The zero-order valence-electron chi connectivity index (χ0n) is 7.02. The second-order valence-corrected chi connectivity index (χ2v) is 5.81. The lowest BCUT2D eigenvalue weighted by Crippen LogP contribution is -2.44. The molecule has 0 spiro atoms. The summed E-state index contributed by atoms with van der Waals surface area (Å²) in [4.78, 5) is 17.9. The second-order valence-electron chi connectivity index (χ2n) is 2.94. The molecule has 1 rings (SSSR count). The third-order valence-electron chi connectivity index (χ3n) is 1.87. The zero-order valence-corrected chi connectivity index (χ0v) is 8.73. The molecule has 0 aromatic rings. The molecule has 0 bridgehead atoms. The molecule has 0 saturated carbocycles. The Kier molecular flexibility index (Phi) is 3.98. The minimum absolute atomic E-state index is 0.471. The lowest BCUT2D eigenvalue weighted by Gasteiger charge is -2.22. The highest BCUT2D eigenvalue weighted by Crippen LogP contribution is 2.33. The molecule has 1 heterocycles. The van der Waals surface area contributed by atoms with Crippen LogP contribution in [0.1, 0.15) is 0 Å². The van der Waals surface area contributed by atoms with Gasteiger partial charge in [0.1, 0.15) is 12.2 Å². The summed E-state index contributed by atoms with van der Waals surface area (Å²) < 4.78 is 4.72. The number of nitrogens with one attached hydrogen (secondary N) is 1. The zero-order chi connectivity index (χ0) is 10.9. The predicted molar refractivity (Wildman–Crippen MR) is 49.6 cm³/mol. The molecule has 1 fully saturated rings. The van der Waals surface area contributed by atoms with Gasteiger partial charge in [-0.25, -0.2) is 5.09 Å².